The minimum Gasteiger partial charge on any atom is -0.328 e. The van der Waals surface area contributed by atoms with Gasteiger partial charge < -0.3 is 11.5 Å². The maximum Gasteiger partial charge on any atom is 0.0169 e. The normalized spacial score (nSPS) is 43.8. The van der Waals surface area contributed by atoms with Crippen LogP contribution in [0.5, 0.6) is 0 Å². The van der Waals surface area contributed by atoms with Gasteiger partial charge in [0, 0.05) is 11.6 Å². The Morgan fingerprint density at radius 2 is 2.20 bits per heavy atom. The van der Waals surface area contributed by atoms with Gasteiger partial charge in [-0.2, -0.15) is 0 Å². The Morgan fingerprint density at radius 1 is 1.60 bits per heavy atom. The van der Waals surface area contributed by atoms with Gasteiger partial charge in [0.25, 0.3) is 0 Å². The molecule has 2 nitrogen and oxygen atoms in total. The average molecular weight is 142 g/mol. The quantitative estimate of drug-likeness (QED) is 0.570. The van der Waals surface area contributed by atoms with E-state index in [2.05, 4.69) is 13.8 Å². The highest BCUT2D eigenvalue weighted by Crippen LogP contribution is 2.34. The lowest BCUT2D eigenvalue weighted by molar-refractivity contribution is 0.305. The smallest absolute Gasteiger partial charge is 0.0169 e. The second-order valence-corrected chi connectivity index (χ2v) is 3.86. The summed E-state index contributed by atoms with van der Waals surface area (Å²) in [7, 11) is 0. The molecule has 3 atom stereocenters. The van der Waals surface area contributed by atoms with Crippen LogP contribution in [-0.4, -0.2) is 11.6 Å². The molecule has 1 rings (SSSR count). The molecule has 0 aromatic heterocycles. The molecule has 1 saturated carbocycles. The SMILES string of the molecule is CC(N)C1CCCC1(C)N. The monoisotopic (exact) mass is 142 g/mol. The first-order valence-electron chi connectivity index (χ1n) is 4.08. The van der Waals surface area contributed by atoms with Gasteiger partial charge >= 0.3 is 0 Å². The molecule has 3 unspecified atom stereocenters. The van der Waals surface area contributed by atoms with Crippen molar-refractivity contribution in [3.8, 4) is 0 Å². The fourth-order valence-electron chi connectivity index (χ4n) is 2.08. The molecule has 1 aliphatic rings. The van der Waals surface area contributed by atoms with Crippen molar-refractivity contribution in [2.24, 2.45) is 17.4 Å². The first kappa shape index (κ1) is 8.02. The lowest BCUT2D eigenvalue weighted by Crippen LogP contribution is -2.47. The number of hydrogen-bond acceptors (Lipinski definition) is 2. The van der Waals surface area contributed by atoms with E-state index in [9.17, 15) is 0 Å². The van der Waals surface area contributed by atoms with Crippen molar-refractivity contribution < 1.29 is 0 Å². The van der Waals surface area contributed by atoms with E-state index in [1.165, 1.54) is 12.8 Å². The van der Waals surface area contributed by atoms with Crippen molar-refractivity contribution in [2.45, 2.75) is 44.7 Å². The Hall–Kier alpha value is -0.0800. The Balaban J connectivity index is 2.59. The van der Waals surface area contributed by atoms with Crippen LogP contribution in [0.15, 0.2) is 0 Å². The van der Waals surface area contributed by atoms with E-state index in [-0.39, 0.29) is 11.6 Å². The third kappa shape index (κ3) is 1.32. The zero-order chi connectivity index (χ0) is 7.78. The lowest BCUT2D eigenvalue weighted by atomic mass is 9.85. The summed E-state index contributed by atoms with van der Waals surface area (Å²) in [5.74, 6) is 0.535. The summed E-state index contributed by atoms with van der Waals surface area (Å²) in [6.07, 6.45) is 3.60. The lowest BCUT2D eigenvalue weighted by Gasteiger charge is -2.29. The molecule has 60 valence electrons. The van der Waals surface area contributed by atoms with E-state index in [0.717, 1.165) is 6.42 Å². The van der Waals surface area contributed by atoms with Crippen molar-refractivity contribution >= 4 is 0 Å². The van der Waals surface area contributed by atoms with Crippen LogP contribution in [0.4, 0.5) is 0 Å². The molecule has 2 heteroatoms. The Labute approximate surface area is 63.0 Å². The van der Waals surface area contributed by atoms with Crippen LogP contribution in [0.25, 0.3) is 0 Å². The maximum absolute atomic E-state index is 6.04. The van der Waals surface area contributed by atoms with Crippen molar-refractivity contribution in [3.63, 3.8) is 0 Å². The molecular formula is C8H18N2. The molecule has 0 aromatic carbocycles. The molecule has 0 aliphatic heterocycles. The summed E-state index contributed by atoms with van der Waals surface area (Å²) < 4.78 is 0. The van der Waals surface area contributed by atoms with Crippen LogP contribution in [-0.2, 0) is 0 Å². The summed E-state index contributed by atoms with van der Waals surface area (Å²) in [4.78, 5) is 0. The maximum atomic E-state index is 6.04. The van der Waals surface area contributed by atoms with Crippen LogP contribution < -0.4 is 11.5 Å². The Kier molecular flexibility index (Phi) is 2.02. The Bertz CT molecular complexity index is 118. The first-order valence-corrected chi connectivity index (χ1v) is 4.08. The molecule has 4 N–H and O–H groups in total. The molecule has 1 aliphatic carbocycles. The highest BCUT2D eigenvalue weighted by Gasteiger charge is 2.36. The summed E-state index contributed by atoms with van der Waals surface area (Å²) in [6, 6.07) is 0.262. The molecule has 0 heterocycles. The zero-order valence-corrected chi connectivity index (χ0v) is 6.93. The molecule has 0 amide bonds. The van der Waals surface area contributed by atoms with Gasteiger partial charge in [-0.25, -0.2) is 0 Å². The third-order valence-corrected chi connectivity index (χ3v) is 2.71. The molecule has 1 fully saturated rings. The van der Waals surface area contributed by atoms with Gasteiger partial charge in [0.15, 0.2) is 0 Å². The van der Waals surface area contributed by atoms with E-state index in [1.54, 1.807) is 0 Å². The van der Waals surface area contributed by atoms with Crippen molar-refractivity contribution in [3.05, 3.63) is 0 Å². The van der Waals surface area contributed by atoms with E-state index in [0.29, 0.717) is 5.92 Å². The number of hydrogen-bond donors (Lipinski definition) is 2. The predicted octanol–water partition coefficient (Wildman–Crippen LogP) is 0.851. The van der Waals surface area contributed by atoms with Crippen LogP contribution in [0.1, 0.15) is 33.1 Å². The summed E-state index contributed by atoms with van der Waals surface area (Å²) >= 11 is 0. The topological polar surface area (TPSA) is 52.0 Å². The molecular weight excluding hydrogens is 124 g/mol. The molecule has 0 radical (unpaired) electrons. The van der Waals surface area contributed by atoms with E-state index >= 15 is 0 Å². The highest BCUT2D eigenvalue weighted by atomic mass is 14.8. The minimum atomic E-state index is 0.00810. The molecule has 0 spiro atoms. The highest BCUT2D eigenvalue weighted by molar-refractivity contribution is 4.96. The van der Waals surface area contributed by atoms with Crippen LogP contribution in [0.3, 0.4) is 0 Å². The standard InChI is InChI=1S/C8H18N2/c1-6(9)7-4-3-5-8(7,2)10/h6-7H,3-5,9-10H2,1-2H3. The van der Waals surface area contributed by atoms with Gasteiger partial charge in [0.2, 0.25) is 0 Å². The van der Waals surface area contributed by atoms with E-state index in [1.807, 2.05) is 0 Å². The number of nitrogens with two attached hydrogens (primary N) is 2. The van der Waals surface area contributed by atoms with Crippen LogP contribution in [0.2, 0.25) is 0 Å². The predicted molar refractivity (Wildman–Crippen MR) is 43.6 cm³/mol. The number of rotatable bonds is 1. The van der Waals surface area contributed by atoms with Gasteiger partial charge in [-0.3, -0.25) is 0 Å². The van der Waals surface area contributed by atoms with Gasteiger partial charge in [-0.05, 0) is 32.6 Å². The second kappa shape index (κ2) is 2.51. The van der Waals surface area contributed by atoms with E-state index < -0.39 is 0 Å². The Morgan fingerprint density at radius 3 is 2.40 bits per heavy atom. The van der Waals surface area contributed by atoms with Gasteiger partial charge in [0.1, 0.15) is 0 Å². The van der Waals surface area contributed by atoms with Crippen molar-refractivity contribution in [1.82, 2.24) is 0 Å². The molecule has 0 aromatic rings. The average Bonchev–Trinajstić information content (AvgIpc) is 2.08. The van der Waals surface area contributed by atoms with Gasteiger partial charge in [-0.15, -0.1) is 0 Å². The summed E-state index contributed by atoms with van der Waals surface area (Å²) in [5, 5.41) is 0. The second-order valence-electron chi connectivity index (χ2n) is 3.86. The molecule has 0 saturated heterocycles. The van der Waals surface area contributed by atoms with Gasteiger partial charge in [-0.1, -0.05) is 6.42 Å². The first-order chi connectivity index (χ1) is 4.54. The van der Waals surface area contributed by atoms with Crippen LogP contribution >= 0.6 is 0 Å². The fourth-order valence-corrected chi connectivity index (χ4v) is 2.08. The van der Waals surface area contributed by atoms with Crippen molar-refractivity contribution in [1.29, 1.82) is 0 Å². The zero-order valence-electron chi connectivity index (χ0n) is 6.93. The largest absolute Gasteiger partial charge is 0.328 e. The van der Waals surface area contributed by atoms with E-state index in [4.69, 9.17) is 11.5 Å². The van der Waals surface area contributed by atoms with Gasteiger partial charge in [0.05, 0.1) is 0 Å². The summed E-state index contributed by atoms with van der Waals surface area (Å²) in [5.41, 5.74) is 11.8. The third-order valence-electron chi connectivity index (χ3n) is 2.71. The van der Waals surface area contributed by atoms with Crippen LogP contribution in [0, 0.1) is 5.92 Å². The fraction of sp³-hybridized carbons (Fsp3) is 1.00. The molecule has 10 heavy (non-hydrogen) atoms. The summed E-state index contributed by atoms with van der Waals surface area (Å²) in [6.45, 7) is 4.18. The van der Waals surface area contributed by atoms with Crippen molar-refractivity contribution in [2.75, 3.05) is 0 Å². The molecule has 0 bridgehead atoms. The minimum absolute atomic E-state index is 0.00810.